The van der Waals surface area contributed by atoms with Crippen LogP contribution in [-0.4, -0.2) is 90.5 Å². The standard InChI is InChI=1S/C23H27N5O5/c1-32-22(31)17-5-6-19-18(15-17)21(30)28(20(29)16-33-19)10-3-2-9-26-11-13-27(14-12-26)23-24-7-4-8-25-23/h4-8,15H,2-3,9-14,16H2,1H3. The molecule has 1 aromatic heterocycles. The summed E-state index contributed by atoms with van der Waals surface area (Å²) in [6.45, 7) is 4.54. The molecule has 0 bridgehead atoms. The predicted octanol–water partition coefficient (Wildman–Crippen LogP) is 1.23. The van der Waals surface area contributed by atoms with E-state index in [0.717, 1.165) is 45.1 Å². The summed E-state index contributed by atoms with van der Waals surface area (Å²) in [5.41, 5.74) is 0.436. The third-order valence-electron chi connectivity index (χ3n) is 5.84. The maximum atomic E-state index is 13.0. The molecule has 33 heavy (non-hydrogen) atoms. The molecular formula is C23H27N5O5. The van der Waals surface area contributed by atoms with E-state index in [0.29, 0.717) is 18.7 Å². The Morgan fingerprint density at radius 1 is 1.06 bits per heavy atom. The van der Waals surface area contributed by atoms with E-state index in [-0.39, 0.29) is 23.6 Å². The number of ether oxygens (including phenoxy) is 2. The lowest BCUT2D eigenvalue weighted by Gasteiger charge is -2.34. The first kappa shape index (κ1) is 22.7. The molecule has 2 amide bonds. The van der Waals surface area contributed by atoms with Crippen LogP contribution in [0.3, 0.4) is 0 Å². The van der Waals surface area contributed by atoms with Crippen LogP contribution >= 0.6 is 0 Å². The molecule has 0 atom stereocenters. The van der Waals surface area contributed by atoms with Crippen LogP contribution in [0.25, 0.3) is 0 Å². The molecule has 2 aliphatic heterocycles. The highest BCUT2D eigenvalue weighted by Gasteiger charge is 2.30. The molecule has 0 aliphatic carbocycles. The summed E-state index contributed by atoms with van der Waals surface area (Å²) in [6.07, 6.45) is 5.04. The number of hydrogen-bond acceptors (Lipinski definition) is 9. The average molecular weight is 453 g/mol. The van der Waals surface area contributed by atoms with E-state index < -0.39 is 11.9 Å². The third kappa shape index (κ3) is 5.28. The number of amides is 2. The molecule has 174 valence electrons. The van der Waals surface area contributed by atoms with Gasteiger partial charge in [-0.3, -0.25) is 19.4 Å². The quantitative estimate of drug-likeness (QED) is 0.348. The molecule has 0 radical (unpaired) electrons. The van der Waals surface area contributed by atoms with Gasteiger partial charge < -0.3 is 14.4 Å². The predicted molar refractivity (Wildman–Crippen MR) is 119 cm³/mol. The van der Waals surface area contributed by atoms with Gasteiger partial charge in [-0.25, -0.2) is 14.8 Å². The second-order valence-corrected chi connectivity index (χ2v) is 7.93. The Labute approximate surface area is 192 Å². The number of nitrogens with zero attached hydrogens (tertiary/aromatic N) is 5. The number of fused-ring (bicyclic) bond motifs is 1. The Morgan fingerprint density at radius 2 is 1.79 bits per heavy atom. The highest BCUT2D eigenvalue weighted by molar-refractivity contribution is 6.08. The molecule has 3 heterocycles. The van der Waals surface area contributed by atoms with Crippen molar-refractivity contribution in [1.29, 1.82) is 0 Å². The lowest BCUT2D eigenvalue weighted by atomic mass is 10.1. The molecule has 4 rings (SSSR count). The topological polar surface area (TPSA) is 105 Å². The van der Waals surface area contributed by atoms with Crippen LogP contribution in [0.2, 0.25) is 0 Å². The van der Waals surface area contributed by atoms with Gasteiger partial charge in [0.15, 0.2) is 6.61 Å². The number of piperazine rings is 1. The van der Waals surface area contributed by atoms with Crippen LogP contribution < -0.4 is 9.64 Å². The van der Waals surface area contributed by atoms with E-state index in [2.05, 4.69) is 19.8 Å². The first-order valence-corrected chi connectivity index (χ1v) is 11.0. The second kappa shape index (κ2) is 10.4. The number of aromatic nitrogens is 2. The van der Waals surface area contributed by atoms with Gasteiger partial charge in [-0.2, -0.15) is 0 Å². The minimum Gasteiger partial charge on any atom is -0.483 e. The van der Waals surface area contributed by atoms with Crippen molar-refractivity contribution in [3.63, 3.8) is 0 Å². The maximum absolute atomic E-state index is 13.0. The third-order valence-corrected chi connectivity index (χ3v) is 5.84. The van der Waals surface area contributed by atoms with Crippen LogP contribution in [-0.2, 0) is 9.53 Å². The first-order valence-electron chi connectivity index (χ1n) is 11.0. The smallest absolute Gasteiger partial charge is 0.337 e. The zero-order chi connectivity index (χ0) is 23.2. The van der Waals surface area contributed by atoms with E-state index >= 15 is 0 Å². The molecular weight excluding hydrogens is 426 g/mol. The molecule has 10 nitrogen and oxygen atoms in total. The molecule has 10 heteroatoms. The molecule has 1 fully saturated rings. The van der Waals surface area contributed by atoms with Crippen LogP contribution in [0.4, 0.5) is 5.95 Å². The number of methoxy groups -OCH3 is 1. The molecule has 0 spiro atoms. The SMILES string of the molecule is COC(=O)c1ccc2c(c1)C(=O)N(CCCCN1CCN(c3ncccn3)CC1)C(=O)CO2. The van der Waals surface area contributed by atoms with Crippen molar-refractivity contribution in [3.8, 4) is 5.75 Å². The van der Waals surface area contributed by atoms with Gasteiger partial charge in [-0.1, -0.05) is 0 Å². The van der Waals surface area contributed by atoms with Gasteiger partial charge in [-0.15, -0.1) is 0 Å². The van der Waals surface area contributed by atoms with Gasteiger partial charge >= 0.3 is 5.97 Å². The molecule has 1 aromatic carbocycles. The summed E-state index contributed by atoms with van der Waals surface area (Å²) < 4.78 is 10.2. The van der Waals surface area contributed by atoms with E-state index in [1.165, 1.54) is 30.2 Å². The number of carbonyl (C=O) groups is 3. The van der Waals surface area contributed by atoms with E-state index in [4.69, 9.17) is 9.47 Å². The number of rotatable bonds is 7. The van der Waals surface area contributed by atoms with Crippen LogP contribution in [0.1, 0.15) is 33.6 Å². The molecule has 1 saturated heterocycles. The number of imide groups is 1. The first-order chi connectivity index (χ1) is 16.1. The zero-order valence-electron chi connectivity index (χ0n) is 18.6. The highest BCUT2D eigenvalue weighted by atomic mass is 16.5. The van der Waals surface area contributed by atoms with Gasteiger partial charge in [0.05, 0.1) is 18.2 Å². The second-order valence-electron chi connectivity index (χ2n) is 7.93. The highest BCUT2D eigenvalue weighted by Crippen LogP contribution is 2.25. The molecule has 0 N–H and O–H groups in total. The average Bonchev–Trinajstić information content (AvgIpc) is 2.98. The Balaban J connectivity index is 1.28. The van der Waals surface area contributed by atoms with Crippen molar-refractivity contribution in [2.75, 3.05) is 57.9 Å². The van der Waals surface area contributed by atoms with Crippen molar-refractivity contribution in [1.82, 2.24) is 19.8 Å². The van der Waals surface area contributed by atoms with Crippen molar-refractivity contribution in [2.24, 2.45) is 0 Å². The number of carbonyl (C=O) groups excluding carboxylic acids is 3. The van der Waals surface area contributed by atoms with Crippen LogP contribution in [0, 0.1) is 0 Å². The number of unbranched alkanes of at least 4 members (excludes halogenated alkanes) is 1. The maximum Gasteiger partial charge on any atom is 0.337 e. The van der Waals surface area contributed by atoms with Gasteiger partial charge in [0.25, 0.3) is 11.8 Å². The Morgan fingerprint density at radius 3 is 2.52 bits per heavy atom. The normalized spacial score (nSPS) is 16.8. The lowest BCUT2D eigenvalue weighted by Crippen LogP contribution is -2.47. The summed E-state index contributed by atoms with van der Waals surface area (Å²) in [5, 5.41) is 0. The summed E-state index contributed by atoms with van der Waals surface area (Å²) in [7, 11) is 1.28. The Bertz CT molecular complexity index is 1010. The molecule has 0 unspecified atom stereocenters. The number of esters is 1. The van der Waals surface area contributed by atoms with Crippen molar-refractivity contribution < 1.29 is 23.9 Å². The Kier molecular flexibility index (Phi) is 7.13. The number of benzene rings is 1. The number of hydrogen-bond donors (Lipinski definition) is 0. The van der Waals surface area contributed by atoms with Crippen LogP contribution in [0.5, 0.6) is 5.75 Å². The fourth-order valence-corrected chi connectivity index (χ4v) is 4.00. The van der Waals surface area contributed by atoms with Gasteiger partial charge in [0.2, 0.25) is 5.95 Å². The number of anilines is 1. The van der Waals surface area contributed by atoms with E-state index in [1.807, 2.05) is 6.07 Å². The summed E-state index contributed by atoms with van der Waals surface area (Å²) >= 11 is 0. The molecule has 2 aliphatic rings. The minimum absolute atomic E-state index is 0.197. The van der Waals surface area contributed by atoms with Gasteiger partial charge in [0.1, 0.15) is 5.75 Å². The Hall–Kier alpha value is -3.53. The lowest BCUT2D eigenvalue weighted by molar-refractivity contribution is -0.130. The zero-order valence-corrected chi connectivity index (χ0v) is 18.6. The fraction of sp³-hybridized carbons (Fsp3) is 0.435. The van der Waals surface area contributed by atoms with Gasteiger partial charge in [0, 0.05) is 45.1 Å². The summed E-state index contributed by atoms with van der Waals surface area (Å²) in [4.78, 5) is 51.7. The van der Waals surface area contributed by atoms with E-state index in [1.54, 1.807) is 12.4 Å². The van der Waals surface area contributed by atoms with Crippen molar-refractivity contribution >= 4 is 23.7 Å². The fourth-order valence-electron chi connectivity index (χ4n) is 4.00. The van der Waals surface area contributed by atoms with E-state index in [9.17, 15) is 14.4 Å². The van der Waals surface area contributed by atoms with Gasteiger partial charge in [-0.05, 0) is 43.7 Å². The summed E-state index contributed by atoms with van der Waals surface area (Å²) in [6, 6.07) is 6.27. The van der Waals surface area contributed by atoms with Crippen molar-refractivity contribution in [3.05, 3.63) is 47.8 Å². The molecule has 0 saturated carbocycles. The van der Waals surface area contributed by atoms with Crippen molar-refractivity contribution in [2.45, 2.75) is 12.8 Å². The van der Waals surface area contributed by atoms with Crippen LogP contribution in [0.15, 0.2) is 36.7 Å². The minimum atomic E-state index is -0.549. The monoisotopic (exact) mass is 453 g/mol. The summed E-state index contributed by atoms with van der Waals surface area (Å²) in [5.74, 6) is -0.328. The largest absolute Gasteiger partial charge is 0.483 e. The molecule has 2 aromatic rings.